The van der Waals surface area contributed by atoms with Crippen molar-refractivity contribution in [2.45, 2.75) is 26.2 Å². The summed E-state index contributed by atoms with van der Waals surface area (Å²) in [7, 11) is 1.67. The number of rotatable bonds is 5. The molecule has 0 unspecified atom stereocenters. The molecule has 1 aliphatic carbocycles. The van der Waals surface area contributed by atoms with Crippen LogP contribution in [0.3, 0.4) is 0 Å². The molecule has 0 radical (unpaired) electrons. The standard InChI is InChI=1S/C19H19BrN2O3/c1-3-25-19(23)17-11-21-10-16(22-17)14-6-4-5-13(14)15-9-12(20)7-8-18(15)24-2/h7-11H,3-6H2,1-2H3. The van der Waals surface area contributed by atoms with Crippen LogP contribution in [-0.4, -0.2) is 29.7 Å². The van der Waals surface area contributed by atoms with Gasteiger partial charge in [0.1, 0.15) is 5.75 Å². The summed E-state index contributed by atoms with van der Waals surface area (Å²) in [6.07, 6.45) is 6.01. The Hall–Kier alpha value is -2.21. The molecule has 2 aromatic rings. The van der Waals surface area contributed by atoms with Crippen LogP contribution in [0.1, 0.15) is 47.9 Å². The number of benzene rings is 1. The van der Waals surface area contributed by atoms with Gasteiger partial charge in [-0.2, -0.15) is 0 Å². The first-order valence-corrected chi connectivity index (χ1v) is 8.98. The lowest BCUT2D eigenvalue weighted by molar-refractivity contribution is 0.0519. The van der Waals surface area contributed by atoms with Gasteiger partial charge < -0.3 is 9.47 Å². The number of methoxy groups -OCH3 is 1. The molecule has 1 aliphatic rings. The zero-order valence-electron chi connectivity index (χ0n) is 14.2. The number of halogens is 1. The highest BCUT2D eigenvalue weighted by atomic mass is 79.9. The monoisotopic (exact) mass is 402 g/mol. The highest BCUT2D eigenvalue weighted by Crippen LogP contribution is 2.42. The molecule has 0 amide bonds. The van der Waals surface area contributed by atoms with Crippen LogP contribution >= 0.6 is 15.9 Å². The maximum atomic E-state index is 11.9. The highest BCUT2D eigenvalue weighted by Gasteiger charge is 2.22. The second-order valence-corrected chi connectivity index (χ2v) is 6.58. The van der Waals surface area contributed by atoms with Crippen molar-refractivity contribution in [2.75, 3.05) is 13.7 Å². The summed E-state index contributed by atoms with van der Waals surface area (Å²) in [6, 6.07) is 5.96. The predicted molar refractivity (Wildman–Crippen MR) is 99.3 cm³/mol. The molecule has 1 aromatic carbocycles. The smallest absolute Gasteiger partial charge is 0.358 e. The number of aromatic nitrogens is 2. The van der Waals surface area contributed by atoms with E-state index < -0.39 is 5.97 Å². The summed E-state index contributed by atoms with van der Waals surface area (Å²) < 4.78 is 11.5. The number of hydrogen-bond donors (Lipinski definition) is 0. The summed E-state index contributed by atoms with van der Waals surface area (Å²) in [5.41, 5.74) is 4.30. The molecule has 6 heteroatoms. The first kappa shape index (κ1) is 17.6. The van der Waals surface area contributed by atoms with E-state index in [9.17, 15) is 4.79 Å². The van der Waals surface area contributed by atoms with Gasteiger partial charge in [0.15, 0.2) is 5.69 Å². The largest absolute Gasteiger partial charge is 0.496 e. The van der Waals surface area contributed by atoms with E-state index >= 15 is 0 Å². The number of carbonyl (C=O) groups excluding carboxylic acids is 1. The lowest BCUT2D eigenvalue weighted by Gasteiger charge is -2.13. The molecule has 0 N–H and O–H groups in total. The summed E-state index contributed by atoms with van der Waals surface area (Å²) in [5.74, 6) is 0.379. The third-order valence-corrected chi connectivity index (χ3v) is 4.63. The number of carbonyl (C=O) groups is 1. The van der Waals surface area contributed by atoms with E-state index in [4.69, 9.17) is 9.47 Å². The van der Waals surface area contributed by atoms with Crippen molar-refractivity contribution < 1.29 is 14.3 Å². The van der Waals surface area contributed by atoms with Crippen LogP contribution in [-0.2, 0) is 4.74 Å². The molecule has 5 nitrogen and oxygen atoms in total. The molecule has 0 saturated carbocycles. The maximum Gasteiger partial charge on any atom is 0.358 e. The SMILES string of the molecule is CCOC(=O)c1cncc(C2=C(c3cc(Br)ccc3OC)CCC2)n1. The number of esters is 1. The Morgan fingerprint density at radius 3 is 2.80 bits per heavy atom. The van der Waals surface area contributed by atoms with Crippen molar-refractivity contribution in [2.24, 2.45) is 0 Å². The van der Waals surface area contributed by atoms with E-state index in [1.165, 1.54) is 11.8 Å². The molecule has 1 heterocycles. The van der Waals surface area contributed by atoms with E-state index in [1.54, 1.807) is 20.2 Å². The first-order valence-electron chi connectivity index (χ1n) is 8.19. The minimum atomic E-state index is -0.447. The van der Waals surface area contributed by atoms with Crippen molar-refractivity contribution >= 4 is 33.0 Å². The minimum absolute atomic E-state index is 0.235. The van der Waals surface area contributed by atoms with E-state index in [0.717, 1.165) is 46.3 Å². The van der Waals surface area contributed by atoms with Gasteiger partial charge in [0.25, 0.3) is 0 Å². The van der Waals surface area contributed by atoms with Gasteiger partial charge in [-0.1, -0.05) is 15.9 Å². The lowest BCUT2D eigenvalue weighted by Crippen LogP contribution is -2.09. The fraction of sp³-hybridized carbons (Fsp3) is 0.316. The maximum absolute atomic E-state index is 11.9. The molecule has 25 heavy (non-hydrogen) atoms. The molecule has 0 saturated heterocycles. The van der Waals surface area contributed by atoms with Crippen LogP contribution in [0.25, 0.3) is 11.1 Å². The van der Waals surface area contributed by atoms with E-state index in [1.807, 2.05) is 12.1 Å². The molecule has 1 aromatic heterocycles. The van der Waals surface area contributed by atoms with Gasteiger partial charge in [-0.05, 0) is 55.5 Å². The third-order valence-electron chi connectivity index (χ3n) is 4.13. The average molecular weight is 403 g/mol. The van der Waals surface area contributed by atoms with Crippen LogP contribution < -0.4 is 4.74 Å². The quantitative estimate of drug-likeness (QED) is 0.687. The van der Waals surface area contributed by atoms with Gasteiger partial charge in [-0.25, -0.2) is 9.78 Å². The Morgan fingerprint density at radius 2 is 2.04 bits per heavy atom. The summed E-state index contributed by atoms with van der Waals surface area (Å²) in [4.78, 5) is 20.6. The Labute approximate surface area is 155 Å². The van der Waals surface area contributed by atoms with Crippen LogP contribution in [0.2, 0.25) is 0 Å². The van der Waals surface area contributed by atoms with Gasteiger partial charge in [0.2, 0.25) is 0 Å². The van der Waals surface area contributed by atoms with Crippen molar-refractivity contribution in [3.63, 3.8) is 0 Å². The minimum Gasteiger partial charge on any atom is -0.496 e. The van der Waals surface area contributed by atoms with Crippen LogP contribution in [0.15, 0.2) is 35.1 Å². The van der Waals surface area contributed by atoms with E-state index in [0.29, 0.717) is 6.61 Å². The molecule has 0 fully saturated rings. The normalized spacial score (nSPS) is 13.9. The van der Waals surface area contributed by atoms with Crippen molar-refractivity contribution in [1.29, 1.82) is 0 Å². The molecule has 0 aliphatic heterocycles. The number of hydrogen-bond acceptors (Lipinski definition) is 5. The number of ether oxygens (including phenoxy) is 2. The second kappa shape index (κ2) is 7.78. The van der Waals surface area contributed by atoms with Gasteiger partial charge in [0, 0.05) is 10.0 Å². The molecule has 0 bridgehead atoms. The molecular weight excluding hydrogens is 384 g/mol. The fourth-order valence-corrected chi connectivity index (χ4v) is 3.42. The summed E-state index contributed by atoms with van der Waals surface area (Å²) >= 11 is 3.53. The van der Waals surface area contributed by atoms with Gasteiger partial charge in [-0.3, -0.25) is 4.98 Å². The molecular formula is C19H19BrN2O3. The van der Waals surface area contributed by atoms with E-state index in [2.05, 4.69) is 32.0 Å². The second-order valence-electron chi connectivity index (χ2n) is 5.67. The third kappa shape index (κ3) is 3.74. The Bertz CT molecular complexity index is 833. The van der Waals surface area contributed by atoms with Crippen molar-refractivity contribution in [3.8, 4) is 5.75 Å². The van der Waals surface area contributed by atoms with Crippen LogP contribution in [0, 0.1) is 0 Å². The fourth-order valence-electron chi connectivity index (χ4n) is 3.05. The Kier molecular flexibility index (Phi) is 5.48. The van der Waals surface area contributed by atoms with E-state index in [-0.39, 0.29) is 5.69 Å². The molecule has 130 valence electrons. The van der Waals surface area contributed by atoms with Crippen molar-refractivity contribution in [3.05, 3.63) is 52.0 Å². The van der Waals surface area contributed by atoms with Crippen LogP contribution in [0.5, 0.6) is 5.75 Å². The van der Waals surface area contributed by atoms with Gasteiger partial charge in [0.05, 0.1) is 31.8 Å². The van der Waals surface area contributed by atoms with Gasteiger partial charge >= 0.3 is 5.97 Å². The average Bonchev–Trinajstić information content (AvgIpc) is 3.11. The zero-order valence-corrected chi connectivity index (χ0v) is 15.8. The first-order chi connectivity index (χ1) is 12.1. The van der Waals surface area contributed by atoms with Gasteiger partial charge in [-0.15, -0.1) is 0 Å². The molecule has 3 rings (SSSR count). The Morgan fingerprint density at radius 1 is 1.24 bits per heavy atom. The molecule has 0 atom stereocenters. The number of allylic oxidation sites excluding steroid dienone is 2. The Balaban J connectivity index is 2.07. The number of nitrogens with zero attached hydrogens (tertiary/aromatic N) is 2. The van der Waals surface area contributed by atoms with Crippen LogP contribution in [0.4, 0.5) is 0 Å². The topological polar surface area (TPSA) is 61.3 Å². The molecule has 0 spiro atoms. The lowest BCUT2D eigenvalue weighted by atomic mass is 9.99. The highest BCUT2D eigenvalue weighted by molar-refractivity contribution is 9.10. The van der Waals surface area contributed by atoms with Crippen molar-refractivity contribution in [1.82, 2.24) is 9.97 Å². The zero-order chi connectivity index (χ0) is 17.8. The summed E-state index contributed by atoms with van der Waals surface area (Å²) in [6.45, 7) is 2.08. The summed E-state index contributed by atoms with van der Waals surface area (Å²) in [5, 5.41) is 0. The predicted octanol–water partition coefficient (Wildman–Crippen LogP) is 4.52.